The normalized spacial score (nSPS) is 23.5. The number of quaternary nitrogens is 1. The van der Waals surface area contributed by atoms with Gasteiger partial charge in [0.05, 0.1) is 25.4 Å². The number of benzene rings is 3. The number of guanidine groups is 1. The minimum atomic E-state index is -1.63. The second-order valence-corrected chi connectivity index (χ2v) is 14.1. The van der Waals surface area contributed by atoms with Gasteiger partial charge in [-0.25, -0.2) is 14.9 Å². The highest BCUT2D eigenvalue weighted by Crippen LogP contribution is 2.45. The number of rotatable bonds is 13. The molecule has 59 heavy (non-hydrogen) atoms. The molecule has 0 radical (unpaired) electrons. The number of anilines is 1. The highest BCUT2D eigenvalue weighted by molar-refractivity contribution is 6.68. The number of aromatic nitrogens is 1. The topological polar surface area (TPSA) is 273 Å². The molecular formula is C41H40N7O11+. The number of nitrogens with one attached hydrogen (secondary N) is 3. The molecule has 1 aromatic heterocycles. The van der Waals surface area contributed by atoms with Crippen molar-refractivity contribution in [1.82, 2.24) is 10.3 Å². The van der Waals surface area contributed by atoms with Gasteiger partial charge in [0.1, 0.15) is 42.5 Å². The van der Waals surface area contributed by atoms with Crippen LogP contribution in [0.2, 0.25) is 0 Å². The van der Waals surface area contributed by atoms with Gasteiger partial charge in [-0.1, -0.05) is 42.5 Å². The number of aliphatic hydroxyl groups is 4. The van der Waals surface area contributed by atoms with Crippen LogP contribution in [0.25, 0.3) is 0 Å². The van der Waals surface area contributed by atoms with Crippen LogP contribution in [-0.2, 0) is 27.1 Å². The first-order valence-electron chi connectivity index (χ1n) is 18.8. The molecular weight excluding hydrogens is 766 g/mol. The molecule has 1 aliphatic carbocycles. The van der Waals surface area contributed by atoms with Crippen LogP contribution < -0.4 is 25.4 Å². The first-order chi connectivity index (χ1) is 28.6. The number of carbonyl (C=O) groups is 3. The molecule has 18 nitrogen and oxygen atoms in total. The van der Waals surface area contributed by atoms with Crippen LogP contribution in [0.3, 0.4) is 0 Å². The molecule has 0 bridgehead atoms. The van der Waals surface area contributed by atoms with Crippen molar-refractivity contribution < 1.29 is 58.7 Å². The number of hydrogen-bond donors (Lipinski definition) is 8. The lowest BCUT2D eigenvalue weighted by Crippen LogP contribution is -3.09. The maximum absolute atomic E-state index is 14.3. The predicted molar refractivity (Wildman–Crippen MR) is 208 cm³/mol. The van der Waals surface area contributed by atoms with Crippen LogP contribution in [0.15, 0.2) is 82.9 Å². The Bertz CT molecular complexity index is 2420. The van der Waals surface area contributed by atoms with Crippen LogP contribution >= 0.6 is 0 Å². The molecule has 304 valence electrons. The van der Waals surface area contributed by atoms with E-state index in [0.717, 1.165) is 5.56 Å². The van der Waals surface area contributed by atoms with E-state index in [2.05, 4.69) is 20.3 Å². The van der Waals surface area contributed by atoms with E-state index < -0.39 is 61.4 Å². The molecule has 8 rings (SSSR count). The van der Waals surface area contributed by atoms with Crippen molar-refractivity contribution in [2.24, 2.45) is 9.98 Å². The zero-order valence-corrected chi connectivity index (χ0v) is 31.3. The molecule has 6 atom stereocenters. The van der Waals surface area contributed by atoms with Crippen molar-refractivity contribution >= 4 is 46.5 Å². The first kappa shape index (κ1) is 39.6. The standard InChI is InChI=1S/C41H39N7O11/c42-28-15-20(9-11-44-28)10-13-56-37-34(54)33(53)27(18-50)58-40(37)59-35-22(16-21-5-1-4-8-26(21)48-19-45-30-38(48)46-41(43)47-39(30)55)17-25-29(36(35)57-14-12-49)32(52)24-7-3-2-6-23(24)31(25)51/h1-9,11,15,17,27,33-34,37,40,49-50,53-54H,10,12-14,16,18-19H2,(H2,42,44)(H2,43,47,55)/p+1/t27-,33-,34+,37-,40+/m0/s1. The summed E-state index contributed by atoms with van der Waals surface area (Å²) in [5.74, 6) is -1.61. The molecule has 0 saturated carbocycles. The van der Waals surface area contributed by atoms with Gasteiger partial charge in [-0.3, -0.25) is 25.1 Å². The molecule has 9 N–H and O–H groups in total. The monoisotopic (exact) mass is 806 g/mol. The summed E-state index contributed by atoms with van der Waals surface area (Å²) in [6.45, 7) is -1.41. The molecule has 4 heterocycles. The summed E-state index contributed by atoms with van der Waals surface area (Å²) >= 11 is 0. The summed E-state index contributed by atoms with van der Waals surface area (Å²) in [6, 6.07) is 18.5. The number of hydrogen-bond acceptors (Lipinski definition) is 15. The van der Waals surface area contributed by atoms with E-state index in [-0.39, 0.29) is 77.6 Å². The summed E-state index contributed by atoms with van der Waals surface area (Å²) in [5.41, 5.74) is 8.51. The Hall–Kier alpha value is -6.25. The maximum Gasteiger partial charge on any atom is 0.284 e. The number of carbonyl (C=O) groups excluding carboxylic acids is 3. The highest BCUT2D eigenvalue weighted by Gasteiger charge is 2.48. The van der Waals surface area contributed by atoms with Gasteiger partial charge >= 0.3 is 0 Å². The third kappa shape index (κ3) is 7.49. The Labute approximate surface area is 336 Å². The first-order valence-corrected chi connectivity index (χ1v) is 18.8. The van der Waals surface area contributed by atoms with Gasteiger partial charge in [0.2, 0.25) is 18.0 Å². The number of para-hydroxylation sites is 1. The van der Waals surface area contributed by atoms with Gasteiger partial charge in [-0.05, 0) is 36.2 Å². The summed E-state index contributed by atoms with van der Waals surface area (Å²) in [6.07, 6.45) is -5.59. The number of aliphatic hydroxyl groups excluding tert-OH is 4. The van der Waals surface area contributed by atoms with Crippen LogP contribution in [0.5, 0.6) is 11.5 Å². The number of nitrogens with two attached hydrogens (primary N) is 1. The lowest BCUT2D eigenvalue weighted by atomic mass is 9.81. The van der Waals surface area contributed by atoms with E-state index in [1.807, 2.05) is 12.1 Å². The number of fused-ring (bicyclic) bond motifs is 3. The van der Waals surface area contributed by atoms with Crippen molar-refractivity contribution in [3.63, 3.8) is 0 Å². The number of ether oxygens (including phenoxy) is 4. The van der Waals surface area contributed by atoms with Gasteiger partial charge in [0, 0.05) is 40.4 Å². The number of pyridine rings is 1. The molecule has 1 saturated heterocycles. The van der Waals surface area contributed by atoms with Gasteiger partial charge < -0.3 is 45.1 Å². The van der Waals surface area contributed by atoms with E-state index in [9.17, 15) is 34.8 Å². The van der Waals surface area contributed by atoms with Gasteiger partial charge in [-0.15, -0.1) is 0 Å². The summed E-state index contributed by atoms with van der Waals surface area (Å²) in [7, 11) is 0. The minimum Gasteiger partial charge on any atom is -0.486 e. The average Bonchev–Trinajstić information content (AvgIpc) is 3.66. The second-order valence-electron chi connectivity index (χ2n) is 14.1. The quantitative estimate of drug-likeness (QED) is 0.0728. The fourth-order valence-corrected chi connectivity index (χ4v) is 7.65. The zero-order valence-electron chi connectivity index (χ0n) is 31.3. The molecule has 1 fully saturated rings. The number of amides is 1. The Morgan fingerprint density at radius 3 is 2.44 bits per heavy atom. The SMILES string of the molecule is N=C1N=C2C(=NC[NH+]2c2ccccc2Cc2cc3c(c(OCCO)c2O[C@H]2O[C@@H](CO)[C@H](O)[C@@H](O)[C@@H]2OCCc2ccnc(N)c2)C(=O)c2ccccc2C3=O)C(=O)N1. The van der Waals surface area contributed by atoms with Gasteiger partial charge in [0.25, 0.3) is 11.7 Å². The van der Waals surface area contributed by atoms with E-state index in [1.54, 1.807) is 48.7 Å². The largest absolute Gasteiger partial charge is 0.486 e. The lowest BCUT2D eigenvalue weighted by molar-refractivity contribution is -0.723. The third-order valence-electron chi connectivity index (χ3n) is 10.4. The summed E-state index contributed by atoms with van der Waals surface area (Å²) < 4.78 is 24.9. The molecule has 4 aliphatic rings. The van der Waals surface area contributed by atoms with Crippen molar-refractivity contribution in [3.8, 4) is 11.5 Å². The molecule has 4 aromatic rings. The summed E-state index contributed by atoms with van der Waals surface area (Å²) in [5, 5.41) is 52.9. The number of nitrogens with zero attached hydrogens (tertiary/aromatic N) is 3. The fraction of sp³-hybridized carbons (Fsp3) is 0.293. The van der Waals surface area contributed by atoms with Crippen LogP contribution in [0, 0.1) is 5.41 Å². The van der Waals surface area contributed by atoms with E-state index in [4.69, 9.17) is 30.1 Å². The van der Waals surface area contributed by atoms with E-state index >= 15 is 0 Å². The smallest absolute Gasteiger partial charge is 0.284 e. The molecule has 1 unspecified atom stereocenters. The van der Waals surface area contributed by atoms with Crippen molar-refractivity contribution in [2.75, 3.05) is 38.8 Å². The third-order valence-corrected chi connectivity index (χ3v) is 10.4. The molecule has 3 aromatic carbocycles. The predicted octanol–water partition coefficient (Wildman–Crippen LogP) is -0.762. The van der Waals surface area contributed by atoms with Crippen LogP contribution in [0.1, 0.15) is 48.5 Å². The van der Waals surface area contributed by atoms with Crippen molar-refractivity contribution in [3.05, 3.63) is 112 Å². The highest BCUT2D eigenvalue weighted by atomic mass is 16.7. The Kier molecular flexibility index (Phi) is 11.1. The number of aliphatic imine (C=N–C) groups is 2. The van der Waals surface area contributed by atoms with E-state index in [1.165, 1.54) is 12.1 Å². The number of nitrogen functional groups attached to an aromatic ring is 1. The molecule has 18 heteroatoms. The second kappa shape index (κ2) is 16.5. The lowest BCUT2D eigenvalue weighted by Gasteiger charge is -2.42. The van der Waals surface area contributed by atoms with E-state index in [0.29, 0.717) is 34.0 Å². The van der Waals surface area contributed by atoms with Crippen molar-refractivity contribution in [2.45, 2.75) is 43.5 Å². The Morgan fingerprint density at radius 1 is 0.915 bits per heavy atom. The van der Waals surface area contributed by atoms with Gasteiger partial charge in [0.15, 0.2) is 29.7 Å². The number of amidine groups is 1. The van der Waals surface area contributed by atoms with Crippen molar-refractivity contribution in [1.29, 1.82) is 5.41 Å². The zero-order chi connectivity index (χ0) is 41.4. The molecule has 3 aliphatic heterocycles. The average molecular weight is 807 g/mol. The van der Waals surface area contributed by atoms with Gasteiger partial charge in [-0.2, -0.15) is 4.99 Å². The molecule has 1 amide bonds. The maximum atomic E-state index is 14.3. The van der Waals surface area contributed by atoms with Crippen LogP contribution in [0.4, 0.5) is 11.5 Å². The Balaban J connectivity index is 1.24. The number of ketones is 2. The fourth-order valence-electron chi connectivity index (χ4n) is 7.65. The Morgan fingerprint density at radius 2 is 1.68 bits per heavy atom. The van der Waals surface area contributed by atoms with Crippen LogP contribution in [-0.4, -0.2) is 124 Å². The molecule has 0 spiro atoms. The minimum absolute atomic E-state index is 0.00343. The summed E-state index contributed by atoms with van der Waals surface area (Å²) in [4.78, 5) is 54.5.